The first-order chi connectivity index (χ1) is 24.8. The number of aromatic nitrogens is 2. The van der Waals surface area contributed by atoms with Crippen LogP contribution in [0.3, 0.4) is 0 Å². The lowest BCUT2D eigenvalue weighted by molar-refractivity contribution is 1.18. The Hall–Kier alpha value is -6.64. The highest BCUT2D eigenvalue weighted by Gasteiger charge is 2.25. The second kappa shape index (κ2) is 9.49. The molecule has 0 amide bonds. The van der Waals surface area contributed by atoms with Crippen LogP contribution in [0.1, 0.15) is 0 Å². The molecule has 0 spiro atoms. The first kappa shape index (κ1) is 26.3. The normalized spacial score (nSPS) is 12.4. The fraction of sp³-hybridized carbons (Fsp3) is 0. The van der Waals surface area contributed by atoms with Crippen molar-refractivity contribution in [2.75, 3.05) is 0 Å². The van der Waals surface area contributed by atoms with Crippen molar-refractivity contribution in [1.82, 2.24) is 9.13 Å². The minimum atomic E-state index is 1.17. The molecular weight excluding hydrogens is 605 g/mol. The van der Waals surface area contributed by atoms with Gasteiger partial charge in [0.2, 0.25) is 0 Å². The number of hydrogen-bond donors (Lipinski definition) is 0. The molecule has 9 aromatic carbocycles. The molecule has 2 nitrogen and oxygen atoms in total. The Kier molecular flexibility index (Phi) is 5.00. The molecular formula is C48H28N2. The Balaban J connectivity index is 1.26. The molecule has 0 radical (unpaired) electrons. The molecule has 50 heavy (non-hydrogen) atoms. The minimum absolute atomic E-state index is 1.17. The monoisotopic (exact) mass is 632 g/mol. The lowest BCUT2D eigenvalue weighted by Crippen LogP contribution is -1.96. The largest absolute Gasteiger partial charge is 0.309 e. The van der Waals surface area contributed by atoms with Gasteiger partial charge in [0.1, 0.15) is 0 Å². The standard InChI is InChI=1S/C48H28N2/c1-2-12-31-26-33(22-20-29(31)10-1)50-43-24-21-30-11-3-4-14-35(30)46(43)40-23-25-44-47(48(40)50)39-17-7-8-19-42(39)49(44)34-27-32-13-9-18-38-36-15-5-6-16-37(36)41(28-34)45(32)38/h1-28H. The maximum atomic E-state index is 2.52. The molecule has 1 aliphatic rings. The van der Waals surface area contributed by atoms with Crippen LogP contribution < -0.4 is 0 Å². The fourth-order valence-corrected chi connectivity index (χ4v) is 9.12. The number of nitrogens with zero attached hydrogens (tertiary/aromatic N) is 2. The Labute approximate surface area is 287 Å². The van der Waals surface area contributed by atoms with Gasteiger partial charge in [0.25, 0.3) is 0 Å². The summed E-state index contributed by atoms with van der Waals surface area (Å²) < 4.78 is 5.01. The summed E-state index contributed by atoms with van der Waals surface area (Å²) in [6, 6.07) is 63.0. The highest BCUT2D eigenvalue weighted by molar-refractivity contribution is 6.30. The van der Waals surface area contributed by atoms with Crippen LogP contribution >= 0.6 is 0 Å². The summed E-state index contributed by atoms with van der Waals surface area (Å²) >= 11 is 0. The van der Waals surface area contributed by atoms with Gasteiger partial charge in [-0.1, -0.05) is 127 Å². The first-order valence-electron chi connectivity index (χ1n) is 17.4. The summed E-state index contributed by atoms with van der Waals surface area (Å²) in [5.41, 5.74) is 12.5. The van der Waals surface area contributed by atoms with Gasteiger partial charge in [0.05, 0.1) is 22.1 Å². The molecule has 0 N–H and O–H groups in total. The van der Waals surface area contributed by atoms with Gasteiger partial charge >= 0.3 is 0 Å². The molecule has 0 bridgehead atoms. The first-order valence-corrected chi connectivity index (χ1v) is 17.4. The van der Waals surface area contributed by atoms with Crippen molar-refractivity contribution in [2.24, 2.45) is 0 Å². The molecule has 1 aliphatic carbocycles. The van der Waals surface area contributed by atoms with Crippen molar-refractivity contribution in [3.63, 3.8) is 0 Å². The van der Waals surface area contributed by atoms with E-state index in [-0.39, 0.29) is 0 Å². The molecule has 230 valence electrons. The van der Waals surface area contributed by atoms with E-state index in [1.54, 1.807) is 0 Å². The molecule has 0 saturated heterocycles. The van der Waals surface area contributed by atoms with Crippen molar-refractivity contribution < 1.29 is 0 Å². The van der Waals surface area contributed by atoms with Crippen molar-refractivity contribution in [2.45, 2.75) is 0 Å². The van der Waals surface area contributed by atoms with Crippen LogP contribution in [-0.2, 0) is 0 Å². The average molecular weight is 633 g/mol. The third-order valence-corrected chi connectivity index (χ3v) is 11.2. The molecule has 0 atom stereocenters. The quantitative estimate of drug-likeness (QED) is 0.179. The van der Waals surface area contributed by atoms with E-state index in [1.165, 1.54) is 110 Å². The number of fused-ring (bicyclic) bond motifs is 13. The maximum Gasteiger partial charge on any atom is 0.0641 e. The SMILES string of the molecule is c1ccc2c(c1)-c1cccc3cc(-n4c5ccccc5c5c4ccc4c6c7ccccc7ccc6n(-c6ccc7ccccc7c6)c45)cc-2c13. The molecule has 2 heteroatoms. The zero-order valence-corrected chi connectivity index (χ0v) is 27.1. The van der Waals surface area contributed by atoms with E-state index in [4.69, 9.17) is 0 Å². The second-order valence-electron chi connectivity index (χ2n) is 13.7. The van der Waals surface area contributed by atoms with E-state index in [1.807, 2.05) is 0 Å². The van der Waals surface area contributed by atoms with Gasteiger partial charge in [0, 0.05) is 32.9 Å². The number of benzene rings is 9. The van der Waals surface area contributed by atoms with Gasteiger partial charge in [-0.25, -0.2) is 0 Å². The highest BCUT2D eigenvalue weighted by atomic mass is 15.0. The predicted octanol–water partition coefficient (Wildman–Crippen LogP) is 13.0. The van der Waals surface area contributed by atoms with E-state index in [2.05, 4.69) is 179 Å². The van der Waals surface area contributed by atoms with Gasteiger partial charge in [-0.2, -0.15) is 0 Å². The molecule has 2 heterocycles. The summed E-state index contributed by atoms with van der Waals surface area (Å²) in [6.45, 7) is 0. The zero-order chi connectivity index (χ0) is 32.5. The number of rotatable bonds is 2. The lowest BCUT2D eigenvalue weighted by atomic mass is 10.0. The third kappa shape index (κ3) is 3.32. The van der Waals surface area contributed by atoms with Gasteiger partial charge < -0.3 is 9.13 Å². The van der Waals surface area contributed by atoms with Gasteiger partial charge in [-0.15, -0.1) is 0 Å². The average Bonchev–Trinajstić information content (AvgIpc) is 3.81. The minimum Gasteiger partial charge on any atom is -0.309 e. The molecule has 0 unspecified atom stereocenters. The summed E-state index contributed by atoms with van der Waals surface area (Å²) in [4.78, 5) is 0. The topological polar surface area (TPSA) is 9.86 Å². The van der Waals surface area contributed by atoms with Crippen LogP contribution in [0.25, 0.3) is 110 Å². The molecule has 11 aromatic rings. The van der Waals surface area contributed by atoms with Crippen LogP contribution in [0.4, 0.5) is 0 Å². The van der Waals surface area contributed by atoms with Crippen LogP contribution in [0.5, 0.6) is 0 Å². The lowest BCUT2D eigenvalue weighted by Gasteiger charge is -2.12. The van der Waals surface area contributed by atoms with Crippen molar-refractivity contribution in [1.29, 1.82) is 0 Å². The summed E-state index contributed by atoms with van der Waals surface area (Å²) in [5, 5.41) is 12.8. The highest BCUT2D eigenvalue weighted by Crippen LogP contribution is 2.49. The van der Waals surface area contributed by atoms with Crippen LogP contribution in [0, 0.1) is 0 Å². The molecule has 0 aliphatic heterocycles. The Morgan fingerprint density at radius 1 is 0.280 bits per heavy atom. The van der Waals surface area contributed by atoms with Crippen LogP contribution in [0.2, 0.25) is 0 Å². The van der Waals surface area contributed by atoms with E-state index in [9.17, 15) is 0 Å². The predicted molar refractivity (Wildman–Crippen MR) is 212 cm³/mol. The zero-order valence-electron chi connectivity index (χ0n) is 27.1. The van der Waals surface area contributed by atoms with E-state index < -0.39 is 0 Å². The van der Waals surface area contributed by atoms with Gasteiger partial charge in [0.15, 0.2) is 0 Å². The number of hydrogen-bond acceptors (Lipinski definition) is 0. The van der Waals surface area contributed by atoms with Crippen LogP contribution in [-0.4, -0.2) is 9.13 Å². The summed E-state index contributed by atoms with van der Waals surface area (Å²) in [7, 11) is 0. The third-order valence-electron chi connectivity index (χ3n) is 11.2. The molecule has 0 saturated carbocycles. The smallest absolute Gasteiger partial charge is 0.0641 e. The Bertz CT molecular complexity index is 3260. The van der Waals surface area contributed by atoms with Gasteiger partial charge in [-0.3, -0.25) is 0 Å². The molecule has 12 rings (SSSR count). The second-order valence-corrected chi connectivity index (χ2v) is 13.7. The van der Waals surface area contributed by atoms with Crippen molar-refractivity contribution >= 4 is 75.9 Å². The molecule has 2 aromatic heterocycles. The van der Waals surface area contributed by atoms with Crippen molar-refractivity contribution in [3.8, 4) is 33.6 Å². The fourth-order valence-electron chi connectivity index (χ4n) is 9.12. The summed E-state index contributed by atoms with van der Waals surface area (Å²) in [6.07, 6.45) is 0. The van der Waals surface area contributed by atoms with E-state index in [0.717, 1.165) is 0 Å². The van der Waals surface area contributed by atoms with Crippen LogP contribution in [0.15, 0.2) is 170 Å². The Morgan fingerprint density at radius 2 is 0.920 bits per heavy atom. The Morgan fingerprint density at radius 3 is 1.82 bits per heavy atom. The maximum absolute atomic E-state index is 2.52. The summed E-state index contributed by atoms with van der Waals surface area (Å²) in [5.74, 6) is 0. The van der Waals surface area contributed by atoms with E-state index in [0.29, 0.717) is 0 Å². The molecule has 0 fully saturated rings. The van der Waals surface area contributed by atoms with Crippen molar-refractivity contribution in [3.05, 3.63) is 170 Å². The van der Waals surface area contributed by atoms with E-state index >= 15 is 0 Å². The van der Waals surface area contributed by atoms with Gasteiger partial charge in [-0.05, 0) is 97.0 Å². The number of para-hydroxylation sites is 1.